The van der Waals surface area contributed by atoms with E-state index >= 15 is 0 Å². The van der Waals surface area contributed by atoms with Gasteiger partial charge in [-0.2, -0.15) is 0 Å². The van der Waals surface area contributed by atoms with Crippen molar-refractivity contribution in [1.82, 2.24) is 14.9 Å². The maximum absolute atomic E-state index is 12.5. The second kappa shape index (κ2) is 7.90. The number of terminal acetylenes is 1. The first-order chi connectivity index (χ1) is 10.6. The molecular weight excluding hydrogens is 298 g/mol. The third kappa shape index (κ3) is 3.48. The number of rotatable bonds is 4. The molecule has 0 atom stereocenters. The van der Waals surface area contributed by atoms with Gasteiger partial charge in [-0.1, -0.05) is 24.8 Å². The van der Waals surface area contributed by atoms with Gasteiger partial charge in [0.15, 0.2) is 5.43 Å². The number of pyridine rings is 2. The molecule has 0 amide bonds. The Morgan fingerprint density at radius 1 is 1.59 bits per heavy atom. The molecule has 0 aliphatic heterocycles. The quantitative estimate of drug-likeness (QED) is 0.536. The summed E-state index contributed by atoms with van der Waals surface area (Å²) >= 11 is 5.88. The summed E-state index contributed by atoms with van der Waals surface area (Å²) in [5, 5.41) is 3.68. The van der Waals surface area contributed by atoms with Gasteiger partial charge in [-0.15, -0.1) is 18.6 Å². The van der Waals surface area contributed by atoms with E-state index in [9.17, 15) is 4.79 Å². The molecular formula is C17H16ClN3O. The molecule has 0 radical (unpaired) electrons. The second-order valence-corrected chi connectivity index (χ2v) is 4.54. The summed E-state index contributed by atoms with van der Waals surface area (Å²) in [5.74, 6) is 0. The number of aromatic nitrogens is 2. The predicted octanol–water partition coefficient (Wildman–Crippen LogP) is 3.18. The van der Waals surface area contributed by atoms with Crippen LogP contribution in [0.15, 0.2) is 48.3 Å². The van der Waals surface area contributed by atoms with Crippen molar-refractivity contribution in [3.63, 3.8) is 0 Å². The molecule has 2 aromatic rings. The fraction of sp³-hybridized carbons (Fsp3) is 0.118. The predicted molar refractivity (Wildman–Crippen MR) is 92.5 cm³/mol. The van der Waals surface area contributed by atoms with Crippen molar-refractivity contribution in [2.75, 3.05) is 0 Å². The number of aryl methyl sites for hydroxylation is 1. The van der Waals surface area contributed by atoms with Crippen LogP contribution in [0.4, 0.5) is 0 Å². The summed E-state index contributed by atoms with van der Waals surface area (Å²) in [4.78, 5) is 16.5. The molecule has 0 spiro atoms. The summed E-state index contributed by atoms with van der Waals surface area (Å²) in [7, 11) is 0. The third-order valence-corrected chi connectivity index (χ3v) is 3.15. The van der Waals surface area contributed by atoms with Gasteiger partial charge < -0.3 is 9.88 Å². The number of nitrogens with zero attached hydrogens (tertiary/aromatic N) is 2. The molecule has 2 rings (SSSR count). The molecule has 0 bridgehead atoms. The Bertz CT molecular complexity index is 827. The molecule has 0 saturated carbocycles. The molecule has 22 heavy (non-hydrogen) atoms. The maximum atomic E-state index is 12.5. The van der Waals surface area contributed by atoms with Gasteiger partial charge >= 0.3 is 0 Å². The number of hydrogen-bond donors (Lipinski definition) is 1. The Morgan fingerprint density at radius 3 is 2.86 bits per heavy atom. The van der Waals surface area contributed by atoms with Crippen molar-refractivity contribution < 1.29 is 0 Å². The molecule has 5 heteroatoms. The third-order valence-electron chi connectivity index (χ3n) is 2.95. The van der Waals surface area contributed by atoms with E-state index in [2.05, 4.69) is 42.0 Å². The number of hydrogen-bond acceptors (Lipinski definition) is 3. The smallest absolute Gasteiger partial charge is 0.198 e. The molecule has 0 aliphatic carbocycles. The molecule has 1 N–H and O–H groups in total. The van der Waals surface area contributed by atoms with E-state index in [1.54, 1.807) is 18.5 Å². The van der Waals surface area contributed by atoms with E-state index in [1.165, 1.54) is 6.20 Å². The molecule has 2 heterocycles. The highest BCUT2D eigenvalue weighted by Crippen LogP contribution is 2.17. The first-order valence-electron chi connectivity index (χ1n) is 6.40. The van der Waals surface area contributed by atoms with Gasteiger partial charge in [0, 0.05) is 24.6 Å². The molecule has 0 aliphatic rings. The Hall–Kier alpha value is -2.73. The summed E-state index contributed by atoms with van der Waals surface area (Å²) in [6.07, 6.45) is 12.9. The van der Waals surface area contributed by atoms with Gasteiger partial charge in [0.25, 0.3) is 0 Å². The summed E-state index contributed by atoms with van der Waals surface area (Å²) in [6, 6.07) is 1.57. The van der Waals surface area contributed by atoms with Gasteiger partial charge in [0.2, 0.25) is 0 Å². The van der Waals surface area contributed by atoms with E-state index in [4.69, 9.17) is 11.6 Å². The summed E-state index contributed by atoms with van der Waals surface area (Å²) < 4.78 is 1.93. The van der Waals surface area contributed by atoms with Crippen LogP contribution in [0.25, 0.3) is 16.6 Å². The monoisotopic (exact) mass is 313 g/mol. The van der Waals surface area contributed by atoms with Crippen molar-refractivity contribution in [2.45, 2.75) is 13.5 Å². The van der Waals surface area contributed by atoms with Crippen LogP contribution in [0.5, 0.6) is 0 Å². The van der Waals surface area contributed by atoms with Gasteiger partial charge in [-0.05, 0) is 13.0 Å². The van der Waals surface area contributed by atoms with Gasteiger partial charge in [0.1, 0.15) is 5.15 Å². The first-order valence-corrected chi connectivity index (χ1v) is 6.78. The van der Waals surface area contributed by atoms with Gasteiger partial charge in [-0.25, -0.2) is 4.98 Å². The van der Waals surface area contributed by atoms with Gasteiger partial charge in [-0.3, -0.25) is 4.79 Å². The van der Waals surface area contributed by atoms with Crippen LogP contribution in [-0.4, -0.2) is 9.55 Å². The van der Waals surface area contributed by atoms with Crippen molar-refractivity contribution in [2.24, 2.45) is 0 Å². The summed E-state index contributed by atoms with van der Waals surface area (Å²) in [6.45, 7) is 10.0. The lowest BCUT2D eigenvalue weighted by Crippen LogP contribution is -2.18. The van der Waals surface area contributed by atoms with Crippen LogP contribution >= 0.6 is 11.6 Å². The first kappa shape index (κ1) is 17.3. The minimum Gasteiger partial charge on any atom is -0.355 e. The molecule has 4 nitrogen and oxygen atoms in total. The zero-order chi connectivity index (χ0) is 16.7. The molecule has 2 aromatic heterocycles. The Balaban J connectivity index is 0.00000116. The van der Waals surface area contributed by atoms with E-state index in [0.717, 1.165) is 5.52 Å². The van der Waals surface area contributed by atoms with Gasteiger partial charge in [0.05, 0.1) is 22.7 Å². The van der Waals surface area contributed by atoms with E-state index < -0.39 is 0 Å². The largest absolute Gasteiger partial charge is 0.355 e. The van der Waals surface area contributed by atoms with Crippen LogP contribution in [0.3, 0.4) is 0 Å². The highest BCUT2D eigenvalue weighted by molar-refractivity contribution is 6.30. The fourth-order valence-corrected chi connectivity index (χ4v) is 2.11. The normalized spacial score (nSPS) is 9.27. The van der Waals surface area contributed by atoms with E-state index in [-0.39, 0.29) is 5.43 Å². The standard InChI is InChI=1S/C15H14ClN3O.C2H2/c1-4-6-17-10(3)12-9-19(5-2)13-8-18-14(16)7-11(13)15(12)20;1-2/h6-9,17H,1,3,5H2,2H3;1-2H. The average Bonchev–Trinajstić information content (AvgIpc) is 2.55. The maximum Gasteiger partial charge on any atom is 0.198 e. The number of halogens is 1. The molecule has 0 aromatic carbocycles. The Morgan fingerprint density at radius 2 is 2.27 bits per heavy atom. The average molecular weight is 314 g/mol. The van der Waals surface area contributed by atoms with E-state index in [0.29, 0.717) is 28.3 Å². The minimum atomic E-state index is -0.135. The fourth-order valence-electron chi connectivity index (χ4n) is 1.95. The lowest BCUT2D eigenvalue weighted by Gasteiger charge is -2.12. The van der Waals surface area contributed by atoms with Crippen molar-refractivity contribution in [3.05, 3.63) is 64.5 Å². The van der Waals surface area contributed by atoms with E-state index in [1.807, 2.05) is 11.5 Å². The molecule has 0 fully saturated rings. The van der Waals surface area contributed by atoms with Crippen LogP contribution in [0.2, 0.25) is 5.15 Å². The molecule has 0 unspecified atom stereocenters. The molecule has 0 saturated heterocycles. The lowest BCUT2D eigenvalue weighted by atomic mass is 10.1. The number of fused-ring (bicyclic) bond motifs is 1. The van der Waals surface area contributed by atoms with Crippen molar-refractivity contribution in [3.8, 4) is 12.8 Å². The highest BCUT2D eigenvalue weighted by Gasteiger charge is 2.11. The summed E-state index contributed by atoms with van der Waals surface area (Å²) in [5.41, 5.74) is 4.16. The topological polar surface area (TPSA) is 46.9 Å². The lowest BCUT2D eigenvalue weighted by molar-refractivity contribution is 0.783. The Kier molecular flexibility index (Phi) is 6.22. The second-order valence-electron chi connectivity index (χ2n) is 4.15. The van der Waals surface area contributed by atoms with Crippen LogP contribution in [0, 0.1) is 12.8 Å². The van der Waals surface area contributed by atoms with Crippen LogP contribution in [-0.2, 0) is 6.54 Å². The zero-order valence-electron chi connectivity index (χ0n) is 12.3. The zero-order valence-corrected chi connectivity index (χ0v) is 13.0. The minimum absolute atomic E-state index is 0.135. The van der Waals surface area contributed by atoms with Crippen molar-refractivity contribution in [1.29, 1.82) is 0 Å². The molecule has 112 valence electrons. The van der Waals surface area contributed by atoms with Crippen LogP contribution in [0.1, 0.15) is 12.5 Å². The highest BCUT2D eigenvalue weighted by atomic mass is 35.5. The van der Waals surface area contributed by atoms with Crippen molar-refractivity contribution >= 4 is 28.2 Å². The van der Waals surface area contributed by atoms with Crippen LogP contribution < -0.4 is 10.7 Å². The number of nitrogens with one attached hydrogen (secondary N) is 1. The SMILES string of the molecule is C#C.C=C=CNC(=C)c1cn(CC)c2cnc(Cl)cc2c1=O. The Labute approximate surface area is 134 Å².